The third-order valence-corrected chi connectivity index (χ3v) is 2.28. The molecule has 6 heteroatoms. The smallest absolute Gasteiger partial charge is 0.224 e. The van der Waals surface area contributed by atoms with Gasteiger partial charge in [0, 0.05) is 12.1 Å². The molecule has 0 saturated carbocycles. The van der Waals surface area contributed by atoms with Crippen LogP contribution in [-0.4, -0.2) is 17.8 Å². The maximum Gasteiger partial charge on any atom is 0.224 e. The highest BCUT2D eigenvalue weighted by Gasteiger charge is 2.08. The summed E-state index contributed by atoms with van der Waals surface area (Å²) in [5, 5.41) is 24.0. The van der Waals surface area contributed by atoms with Crippen molar-refractivity contribution >= 4 is 23.5 Å². The summed E-state index contributed by atoms with van der Waals surface area (Å²) in [4.78, 5) is 33.1. The van der Waals surface area contributed by atoms with Gasteiger partial charge < -0.3 is 25.1 Å². The number of nitrogens with one attached hydrogen (secondary N) is 1. The van der Waals surface area contributed by atoms with Gasteiger partial charge in [0.25, 0.3) is 0 Å². The Hall–Kier alpha value is -2.37. The van der Waals surface area contributed by atoms with Crippen LogP contribution >= 0.6 is 0 Å². The minimum absolute atomic E-state index is 0.0894. The zero-order valence-electron chi connectivity index (χ0n) is 10.6. The molecule has 0 heterocycles. The lowest BCUT2D eigenvalue weighted by molar-refractivity contribution is -0.255. The van der Waals surface area contributed by atoms with Crippen molar-refractivity contribution in [2.45, 2.75) is 20.3 Å². The van der Waals surface area contributed by atoms with Crippen LogP contribution in [0.2, 0.25) is 0 Å². The van der Waals surface area contributed by atoms with E-state index >= 15 is 0 Å². The maximum absolute atomic E-state index is 11.5. The van der Waals surface area contributed by atoms with Crippen LogP contribution in [0.3, 0.4) is 0 Å². The van der Waals surface area contributed by atoms with Crippen LogP contribution in [0, 0.1) is 5.92 Å². The highest BCUT2D eigenvalue weighted by Crippen LogP contribution is 2.15. The fraction of sp³-hybridized carbons (Fsp3) is 0.308. The minimum Gasteiger partial charge on any atom is -0.545 e. The molecule has 1 N–H and O–H groups in total. The maximum atomic E-state index is 11.5. The first kappa shape index (κ1) is 14.7. The van der Waals surface area contributed by atoms with E-state index in [9.17, 15) is 24.6 Å². The number of carboxylic acids is 2. The molecule has 0 radical (unpaired) electrons. The fourth-order valence-corrected chi connectivity index (χ4v) is 1.52. The quantitative estimate of drug-likeness (QED) is 0.762. The number of anilines is 1. The van der Waals surface area contributed by atoms with Crippen molar-refractivity contribution in [2.24, 2.45) is 5.92 Å². The van der Waals surface area contributed by atoms with Crippen molar-refractivity contribution in [2.75, 3.05) is 5.32 Å². The summed E-state index contributed by atoms with van der Waals surface area (Å²) in [6.07, 6.45) is 0.246. The molecule has 0 atom stereocenters. The Morgan fingerprint density at radius 1 is 1.05 bits per heavy atom. The molecule has 0 aromatic heterocycles. The first-order valence-corrected chi connectivity index (χ1v) is 5.67. The van der Waals surface area contributed by atoms with E-state index in [4.69, 9.17) is 0 Å². The molecule has 0 fully saturated rings. The fourth-order valence-electron chi connectivity index (χ4n) is 1.52. The Labute approximate surface area is 110 Å². The molecule has 0 aliphatic rings. The Bertz CT molecular complexity index is 490. The SMILES string of the molecule is CC(C)CC(=O)Nc1cc(C(=O)[O-])cc(C(=O)[O-])c1. The molecule has 102 valence electrons. The highest BCUT2D eigenvalue weighted by molar-refractivity contribution is 5.97. The highest BCUT2D eigenvalue weighted by atomic mass is 16.4. The van der Waals surface area contributed by atoms with Crippen LogP contribution in [0.5, 0.6) is 0 Å². The first-order valence-electron chi connectivity index (χ1n) is 5.67. The summed E-state index contributed by atoms with van der Waals surface area (Å²) in [6, 6.07) is 3.20. The summed E-state index contributed by atoms with van der Waals surface area (Å²) in [5.41, 5.74) is -0.574. The van der Waals surface area contributed by atoms with E-state index in [1.807, 2.05) is 13.8 Å². The Balaban J connectivity index is 3.03. The van der Waals surface area contributed by atoms with Gasteiger partial charge in [-0.1, -0.05) is 13.8 Å². The minimum atomic E-state index is -1.53. The number of hydrogen-bond acceptors (Lipinski definition) is 5. The number of carboxylic acid groups (broad SMARTS) is 2. The lowest BCUT2D eigenvalue weighted by atomic mass is 10.1. The molecule has 0 unspecified atom stereocenters. The average molecular weight is 263 g/mol. The van der Waals surface area contributed by atoms with E-state index in [2.05, 4.69) is 5.32 Å². The van der Waals surface area contributed by atoms with E-state index in [-0.39, 0.29) is 35.1 Å². The summed E-state index contributed by atoms with van der Waals surface area (Å²) >= 11 is 0. The van der Waals surface area contributed by atoms with Gasteiger partial charge in [-0.05, 0) is 35.2 Å². The third-order valence-electron chi connectivity index (χ3n) is 2.28. The second-order valence-electron chi connectivity index (χ2n) is 4.52. The number of amides is 1. The molecule has 1 rings (SSSR count). The van der Waals surface area contributed by atoms with Gasteiger partial charge in [0.05, 0.1) is 11.9 Å². The van der Waals surface area contributed by atoms with Gasteiger partial charge in [0.2, 0.25) is 5.91 Å². The van der Waals surface area contributed by atoms with Crippen molar-refractivity contribution in [3.8, 4) is 0 Å². The number of benzene rings is 1. The summed E-state index contributed by atoms with van der Waals surface area (Å²) in [7, 11) is 0. The van der Waals surface area contributed by atoms with Crippen molar-refractivity contribution in [1.82, 2.24) is 0 Å². The zero-order chi connectivity index (χ0) is 14.6. The molecule has 1 amide bonds. The Kier molecular flexibility index (Phi) is 4.63. The zero-order valence-corrected chi connectivity index (χ0v) is 10.6. The largest absolute Gasteiger partial charge is 0.545 e. The van der Waals surface area contributed by atoms with E-state index in [1.165, 1.54) is 0 Å². The lowest BCUT2D eigenvalue weighted by Crippen LogP contribution is -2.26. The second-order valence-corrected chi connectivity index (χ2v) is 4.52. The van der Waals surface area contributed by atoms with Gasteiger partial charge >= 0.3 is 0 Å². The molecule has 6 nitrogen and oxygen atoms in total. The number of carbonyl (C=O) groups is 3. The van der Waals surface area contributed by atoms with Gasteiger partial charge in [0.1, 0.15) is 0 Å². The number of carbonyl (C=O) groups excluding carboxylic acids is 3. The second kappa shape index (κ2) is 5.99. The van der Waals surface area contributed by atoms with Crippen molar-refractivity contribution in [3.63, 3.8) is 0 Å². The molecule has 0 aliphatic carbocycles. The monoisotopic (exact) mass is 263 g/mol. The van der Waals surface area contributed by atoms with Crippen LogP contribution < -0.4 is 15.5 Å². The normalized spacial score (nSPS) is 10.3. The molecular formula is C13H13NO5-2. The van der Waals surface area contributed by atoms with Gasteiger partial charge in [0.15, 0.2) is 0 Å². The average Bonchev–Trinajstić information content (AvgIpc) is 2.26. The van der Waals surface area contributed by atoms with E-state index in [0.29, 0.717) is 0 Å². The van der Waals surface area contributed by atoms with Crippen molar-refractivity contribution in [1.29, 1.82) is 0 Å². The number of rotatable bonds is 5. The number of aromatic carboxylic acids is 2. The molecule has 1 aromatic rings. The van der Waals surface area contributed by atoms with Crippen molar-refractivity contribution < 1.29 is 24.6 Å². The van der Waals surface area contributed by atoms with E-state index < -0.39 is 11.9 Å². The Morgan fingerprint density at radius 3 is 1.89 bits per heavy atom. The molecule has 19 heavy (non-hydrogen) atoms. The predicted octanol–water partition coefficient (Wildman–Crippen LogP) is -0.602. The van der Waals surface area contributed by atoms with Gasteiger partial charge in [-0.3, -0.25) is 4.79 Å². The van der Waals surface area contributed by atoms with Crippen LogP contribution in [-0.2, 0) is 4.79 Å². The molecule has 1 aromatic carbocycles. The Morgan fingerprint density at radius 2 is 1.53 bits per heavy atom. The van der Waals surface area contributed by atoms with Crippen LogP contribution in [0.4, 0.5) is 5.69 Å². The topological polar surface area (TPSA) is 109 Å². The van der Waals surface area contributed by atoms with Gasteiger partial charge in [-0.25, -0.2) is 0 Å². The summed E-state index contributed by atoms with van der Waals surface area (Å²) in [5.74, 6) is -3.25. The predicted molar refractivity (Wildman–Crippen MR) is 63.2 cm³/mol. The number of hydrogen-bond donors (Lipinski definition) is 1. The summed E-state index contributed by atoms with van der Waals surface area (Å²) < 4.78 is 0. The van der Waals surface area contributed by atoms with Crippen LogP contribution in [0.1, 0.15) is 41.0 Å². The lowest BCUT2D eigenvalue weighted by Gasteiger charge is -2.12. The first-order chi connectivity index (χ1) is 8.79. The van der Waals surface area contributed by atoms with Gasteiger partial charge in [-0.15, -0.1) is 0 Å². The molecule has 0 aliphatic heterocycles. The van der Waals surface area contributed by atoms with Crippen LogP contribution in [0.25, 0.3) is 0 Å². The van der Waals surface area contributed by atoms with E-state index in [1.54, 1.807) is 0 Å². The molecule has 0 bridgehead atoms. The van der Waals surface area contributed by atoms with Gasteiger partial charge in [-0.2, -0.15) is 0 Å². The van der Waals surface area contributed by atoms with Crippen molar-refractivity contribution in [3.05, 3.63) is 29.3 Å². The summed E-state index contributed by atoms with van der Waals surface area (Å²) in [6.45, 7) is 3.70. The molecule has 0 saturated heterocycles. The van der Waals surface area contributed by atoms with Crippen LogP contribution in [0.15, 0.2) is 18.2 Å². The molecule has 0 spiro atoms. The molecular weight excluding hydrogens is 250 g/mol. The van der Waals surface area contributed by atoms with E-state index in [0.717, 1.165) is 18.2 Å². The third kappa shape index (κ3) is 4.42. The standard InChI is InChI=1S/C13H15NO5/c1-7(2)3-11(15)14-10-5-8(12(16)17)4-9(6-10)13(18)19/h4-7H,3H2,1-2H3,(H,14,15)(H,16,17)(H,18,19)/p-2.